The number of carbonyl (C=O) groups excluding carboxylic acids is 2. The molecule has 8 heteroatoms. The quantitative estimate of drug-likeness (QED) is 0.588. The van der Waals surface area contributed by atoms with E-state index in [1.807, 2.05) is 17.5 Å². The van der Waals surface area contributed by atoms with Gasteiger partial charge in [0.05, 0.1) is 13.5 Å². The zero-order chi connectivity index (χ0) is 22.5. The molecule has 0 spiro atoms. The summed E-state index contributed by atoms with van der Waals surface area (Å²) in [6, 6.07) is 15.4. The van der Waals surface area contributed by atoms with Gasteiger partial charge in [0.2, 0.25) is 5.91 Å². The summed E-state index contributed by atoms with van der Waals surface area (Å²) < 4.78 is 16.4. The summed E-state index contributed by atoms with van der Waals surface area (Å²) in [5.74, 6) is 1.42. The molecule has 1 aliphatic rings. The summed E-state index contributed by atoms with van der Waals surface area (Å²) in [7, 11) is 3.23. The Hall–Kier alpha value is -3.52. The Bertz CT molecular complexity index is 1080. The monoisotopic (exact) mass is 452 g/mol. The fourth-order valence-corrected chi connectivity index (χ4v) is 4.20. The number of likely N-dealkylation sites (N-methyl/N-ethyl adjacent to an activating group) is 1. The van der Waals surface area contributed by atoms with Crippen LogP contribution in [-0.4, -0.2) is 44.1 Å². The molecule has 0 saturated heterocycles. The fourth-order valence-electron chi connectivity index (χ4n) is 3.50. The lowest BCUT2D eigenvalue weighted by atomic mass is 10.0. The zero-order valence-electron chi connectivity index (χ0n) is 17.9. The van der Waals surface area contributed by atoms with Crippen molar-refractivity contribution in [2.24, 2.45) is 0 Å². The third-order valence-corrected chi connectivity index (χ3v) is 6.05. The van der Waals surface area contributed by atoms with Crippen molar-refractivity contribution in [2.75, 3.05) is 32.7 Å². The maximum atomic E-state index is 13.4. The Morgan fingerprint density at radius 2 is 1.84 bits per heavy atom. The third kappa shape index (κ3) is 4.86. The average molecular weight is 453 g/mol. The molecule has 1 aliphatic heterocycles. The minimum absolute atomic E-state index is 0.148. The van der Waals surface area contributed by atoms with Crippen molar-refractivity contribution in [3.05, 3.63) is 70.4 Å². The van der Waals surface area contributed by atoms with E-state index in [0.29, 0.717) is 41.7 Å². The van der Waals surface area contributed by atoms with Gasteiger partial charge in [-0.25, -0.2) is 0 Å². The summed E-state index contributed by atoms with van der Waals surface area (Å²) in [4.78, 5) is 28.8. The maximum Gasteiger partial charge on any atom is 0.251 e. The number of ether oxygens (including phenoxy) is 3. The second-order valence-corrected chi connectivity index (χ2v) is 8.32. The first-order valence-electron chi connectivity index (χ1n) is 10.2. The van der Waals surface area contributed by atoms with Gasteiger partial charge in [-0.2, -0.15) is 0 Å². The second kappa shape index (κ2) is 9.74. The Morgan fingerprint density at radius 1 is 1.09 bits per heavy atom. The van der Waals surface area contributed by atoms with Crippen LogP contribution < -0.4 is 19.5 Å². The van der Waals surface area contributed by atoms with Crippen molar-refractivity contribution < 1.29 is 23.8 Å². The largest absolute Gasteiger partial charge is 0.497 e. The van der Waals surface area contributed by atoms with Gasteiger partial charge in [-0.05, 0) is 41.3 Å². The highest BCUT2D eigenvalue weighted by Gasteiger charge is 2.29. The minimum atomic E-state index is -0.818. The lowest BCUT2D eigenvalue weighted by molar-refractivity contribution is -0.136. The Labute approximate surface area is 190 Å². The van der Waals surface area contributed by atoms with E-state index in [1.165, 1.54) is 16.2 Å². The molecular weight excluding hydrogens is 428 g/mol. The van der Waals surface area contributed by atoms with Crippen molar-refractivity contribution in [1.29, 1.82) is 0 Å². The smallest absolute Gasteiger partial charge is 0.251 e. The molecule has 2 amide bonds. The molecule has 0 saturated carbocycles. The molecule has 7 nitrogen and oxygen atoms in total. The van der Waals surface area contributed by atoms with Crippen LogP contribution in [0.15, 0.2) is 60.0 Å². The normalized spacial score (nSPS) is 13.2. The number of hydrogen-bond donors (Lipinski definition) is 1. The van der Waals surface area contributed by atoms with Gasteiger partial charge in [-0.3, -0.25) is 9.59 Å². The van der Waals surface area contributed by atoms with Crippen LogP contribution in [0, 0.1) is 0 Å². The van der Waals surface area contributed by atoms with E-state index in [0.717, 1.165) is 4.88 Å². The molecule has 1 aromatic heterocycles. The van der Waals surface area contributed by atoms with Gasteiger partial charge in [0.25, 0.3) is 5.91 Å². The number of amides is 2. The molecule has 2 heterocycles. The molecule has 32 heavy (non-hydrogen) atoms. The Morgan fingerprint density at radius 3 is 2.53 bits per heavy atom. The summed E-state index contributed by atoms with van der Waals surface area (Å²) in [6.45, 7) is 0.953. The van der Waals surface area contributed by atoms with Gasteiger partial charge in [-0.15, -0.1) is 11.3 Å². The molecule has 0 aliphatic carbocycles. The standard InChI is InChI=1S/C24H24N2O5S/c1-26(22(27)15-19-4-3-13-32-19)23(16-5-8-18(29-2)9-6-16)24(28)25-17-7-10-20-21(14-17)31-12-11-30-20/h3-10,13-14,23H,11-12,15H2,1-2H3,(H,25,28)/t23-/m0/s1. The Kier molecular flexibility index (Phi) is 6.61. The minimum Gasteiger partial charge on any atom is -0.497 e. The van der Waals surface area contributed by atoms with Crippen LogP contribution in [0.25, 0.3) is 0 Å². The highest BCUT2D eigenvalue weighted by atomic mass is 32.1. The molecular formula is C24H24N2O5S. The van der Waals surface area contributed by atoms with Crippen molar-refractivity contribution in [1.82, 2.24) is 4.90 Å². The number of nitrogens with zero attached hydrogens (tertiary/aromatic N) is 1. The number of anilines is 1. The lowest BCUT2D eigenvalue weighted by Gasteiger charge is -2.28. The fraction of sp³-hybridized carbons (Fsp3) is 0.250. The average Bonchev–Trinajstić information content (AvgIpc) is 3.32. The molecule has 3 aromatic rings. The van der Waals surface area contributed by atoms with Gasteiger partial charge < -0.3 is 24.4 Å². The SMILES string of the molecule is COc1ccc([C@@H](C(=O)Nc2ccc3c(c2)OCCO3)N(C)C(=O)Cc2cccs2)cc1. The summed E-state index contributed by atoms with van der Waals surface area (Å²) >= 11 is 1.51. The molecule has 0 radical (unpaired) electrons. The van der Waals surface area contributed by atoms with E-state index in [1.54, 1.807) is 56.6 Å². The van der Waals surface area contributed by atoms with Crippen LogP contribution in [-0.2, 0) is 16.0 Å². The summed E-state index contributed by atoms with van der Waals surface area (Å²) in [6.07, 6.45) is 0.234. The number of nitrogens with one attached hydrogen (secondary N) is 1. The van der Waals surface area contributed by atoms with Crippen LogP contribution in [0.3, 0.4) is 0 Å². The van der Waals surface area contributed by atoms with Gasteiger partial charge in [-0.1, -0.05) is 18.2 Å². The van der Waals surface area contributed by atoms with Crippen molar-refractivity contribution in [3.8, 4) is 17.2 Å². The van der Waals surface area contributed by atoms with Gasteiger partial charge in [0, 0.05) is 23.7 Å². The van der Waals surface area contributed by atoms with Crippen LogP contribution in [0.1, 0.15) is 16.5 Å². The first-order chi connectivity index (χ1) is 15.5. The van der Waals surface area contributed by atoms with Crippen LogP contribution in [0.5, 0.6) is 17.2 Å². The predicted octanol–water partition coefficient (Wildman–Crippen LogP) is 3.91. The molecule has 1 atom stereocenters. The van der Waals surface area contributed by atoms with Crippen LogP contribution >= 0.6 is 11.3 Å². The summed E-state index contributed by atoms with van der Waals surface area (Å²) in [5.41, 5.74) is 1.25. The number of benzene rings is 2. The molecule has 0 bridgehead atoms. The molecule has 4 rings (SSSR count). The van der Waals surface area contributed by atoms with E-state index >= 15 is 0 Å². The van der Waals surface area contributed by atoms with E-state index < -0.39 is 6.04 Å². The number of hydrogen-bond acceptors (Lipinski definition) is 6. The molecule has 166 valence electrons. The van der Waals surface area contributed by atoms with Gasteiger partial charge in [0.1, 0.15) is 25.0 Å². The predicted molar refractivity (Wildman–Crippen MR) is 123 cm³/mol. The number of methoxy groups -OCH3 is 1. The number of carbonyl (C=O) groups is 2. The van der Waals surface area contributed by atoms with E-state index in [4.69, 9.17) is 14.2 Å². The first kappa shape index (κ1) is 21.7. The first-order valence-corrected chi connectivity index (χ1v) is 11.1. The maximum absolute atomic E-state index is 13.4. The van der Waals surface area contributed by atoms with E-state index in [9.17, 15) is 9.59 Å². The van der Waals surface area contributed by atoms with E-state index in [2.05, 4.69) is 5.32 Å². The van der Waals surface area contributed by atoms with Gasteiger partial charge >= 0.3 is 0 Å². The topological polar surface area (TPSA) is 77.1 Å². The highest BCUT2D eigenvalue weighted by molar-refractivity contribution is 7.10. The van der Waals surface area contributed by atoms with Crippen LogP contribution in [0.2, 0.25) is 0 Å². The van der Waals surface area contributed by atoms with E-state index in [-0.39, 0.29) is 18.2 Å². The summed E-state index contributed by atoms with van der Waals surface area (Å²) in [5, 5.41) is 4.85. The van der Waals surface area contributed by atoms with Crippen molar-refractivity contribution in [3.63, 3.8) is 0 Å². The molecule has 2 aromatic carbocycles. The van der Waals surface area contributed by atoms with Crippen molar-refractivity contribution in [2.45, 2.75) is 12.5 Å². The van der Waals surface area contributed by atoms with Crippen molar-refractivity contribution >= 4 is 28.8 Å². The van der Waals surface area contributed by atoms with Gasteiger partial charge in [0.15, 0.2) is 11.5 Å². The Balaban J connectivity index is 1.58. The highest BCUT2D eigenvalue weighted by Crippen LogP contribution is 2.33. The molecule has 0 unspecified atom stereocenters. The number of fused-ring (bicyclic) bond motifs is 1. The number of thiophene rings is 1. The second-order valence-electron chi connectivity index (χ2n) is 7.28. The third-order valence-electron chi connectivity index (χ3n) is 5.18. The lowest BCUT2D eigenvalue weighted by Crippen LogP contribution is -2.39. The zero-order valence-corrected chi connectivity index (χ0v) is 18.7. The van der Waals surface area contributed by atoms with Crippen LogP contribution in [0.4, 0.5) is 5.69 Å². The molecule has 0 fully saturated rings. The number of rotatable bonds is 7. The molecule has 1 N–H and O–H groups in total.